The zero-order valence-corrected chi connectivity index (χ0v) is 9.35. The number of nitrogens with one attached hydrogen (secondary N) is 1. The predicted molar refractivity (Wildman–Crippen MR) is 58.4 cm³/mol. The SMILES string of the molecule is Nc1ccc(F)cc1C(=O)NCCCC(F)(F)F. The lowest BCUT2D eigenvalue weighted by Gasteiger charge is -2.09. The lowest BCUT2D eigenvalue weighted by atomic mass is 10.1. The van der Waals surface area contributed by atoms with Gasteiger partial charge in [0.1, 0.15) is 5.82 Å². The highest BCUT2D eigenvalue weighted by Crippen LogP contribution is 2.20. The van der Waals surface area contributed by atoms with Crippen LogP contribution in [-0.4, -0.2) is 18.6 Å². The van der Waals surface area contributed by atoms with Gasteiger partial charge < -0.3 is 11.1 Å². The monoisotopic (exact) mass is 264 g/mol. The zero-order valence-electron chi connectivity index (χ0n) is 9.35. The smallest absolute Gasteiger partial charge is 0.389 e. The third-order valence-corrected chi connectivity index (χ3v) is 2.18. The first kappa shape index (κ1) is 14.3. The van der Waals surface area contributed by atoms with Crippen molar-refractivity contribution in [3.05, 3.63) is 29.6 Å². The Morgan fingerprint density at radius 3 is 2.61 bits per heavy atom. The molecule has 7 heteroatoms. The number of hydrogen-bond acceptors (Lipinski definition) is 2. The molecule has 0 spiro atoms. The van der Waals surface area contributed by atoms with E-state index in [1.807, 2.05) is 0 Å². The molecular weight excluding hydrogens is 252 g/mol. The van der Waals surface area contributed by atoms with Gasteiger partial charge in [-0.3, -0.25) is 4.79 Å². The second kappa shape index (κ2) is 5.70. The number of anilines is 1. The molecule has 0 fully saturated rings. The Bertz CT molecular complexity index is 432. The van der Waals surface area contributed by atoms with Gasteiger partial charge in [-0.05, 0) is 24.6 Å². The van der Waals surface area contributed by atoms with Crippen LogP contribution in [0.15, 0.2) is 18.2 Å². The van der Waals surface area contributed by atoms with Gasteiger partial charge in [-0.1, -0.05) is 0 Å². The second-order valence-electron chi connectivity index (χ2n) is 3.71. The Labute approximate surface area is 101 Å². The number of carbonyl (C=O) groups excluding carboxylic acids is 1. The third-order valence-electron chi connectivity index (χ3n) is 2.18. The summed E-state index contributed by atoms with van der Waals surface area (Å²) in [6.07, 6.45) is -5.46. The topological polar surface area (TPSA) is 55.1 Å². The van der Waals surface area contributed by atoms with E-state index in [1.165, 1.54) is 6.07 Å². The van der Waals surface area contributed by atoms with E-state index in [0.29, 0.717) is 0 Å². The van der Waals surface area contributed by atoms with E-state index in [9.17, 15) is 22.4 Å². The van der Waals surface area contributed by atoms with Crippen LogP contribution < -0.4 is 11.1 Å². The summed E-state index contributed by atoms with van der Waals surface area (Å²) in [5, 5.41) is 2.25. The van der Waals surface area contributed by atoms with E-state index >= 15 is 0 Å². The summed E-state index contributed by atoms with van der Waals surface area (Å²) < 4.78 is 48.4. The number of amides is 1. The average Bonchev–Trinajstić information content (AvgIpc) is 2.26. The van der Waals surface area contributed by atoms with Gasteiger partial charge >= 0.3 is 6.18 Å². The quantitative estimate of drug-likeness (QED) is 0.498. The summed E-state index contributed by atoms with van der Waals surface area (Å²) in [5.41, 5.74) is 5.45. The number of rotatable bonds is 4. The molecule has 0 aliphatic heterocycles. The van der Waals surface area contributed by atoms with Crippen LogP contribution in [0.3, 0.4) is 0 Å². The van der Waals surface area contributed by atoms with Crippen molar-refractivity contribution in [2.24, 2.45) is 0 Å². The largest absolute Gasteiger partial charge is 0.398 e. The first-order chi connectivity index (χ1) is 8.29. The van der Waals surface area contributed by atoms with Crippen molar-refractivity contribution >= 4 is 11.6 Å². The van der Waals surface area contributed by atoms with Crippen molar-refractivity contribution in [2.45, 2.75) is 19.0 Å². The van der Waals surface area contributed by atoms with Crippen molar-refractivity contribution < 1.29 is 22.4 Å². The predicted octanol–water partition coefficient (Wildman–Crippen LogP) is 2.48. The molecule has 1 rings (SSSR count). The van der Waals surface area contributed by atoms with E-state index in [2.05, 4.69) is 5.32 Å². The lowest BCUT2D eigenvalue weighted by molar-refractivity contribution is -0.135. The maximum absolute atomic E-state index is 12.9. The second-order valence-corrected chi connectivity index (χ2v) is 3.71. The maximum atomic E-state index is 12.9. The normalized spacial score (nSPS) is 11.3. The first-order valence-corrected chi connectivity index (χ1v) is 5.19. The molecule has 0 bridgehead atoms. The van der Waals surface area contributed by atoms with E-state index < -0.39 is 24.3 Å². The highest BCUT2D eigenvalue weighted by atomic mass is 19.4. The fraction of sp³-hybridized carbons (Fsp3) is 0.364. The number of nitrogen functional groups attached to an aromatic ring is 1. The van der Waals surface area contributed by atoms with Gasteiger partial charge in [-0.2, -0.15) is 13.2 Å². The van der Waals surface area contributed by atoms with E-state index in [1.54, 1.807) is 0 Å². The highest BCUT2D eigenvalue weighted by Gasteiger charge is 2.26. The molecule has 1 aromatic carbocycles. The van der Waals surface area contributed by atoms with Crippen LogP contribution in [-0.2, 0) is 0 Å². The fourth-order valence-electron chi connectivity index (χ4n) is 1.31. The number of alkyl halides is 3. The highest BCUT2D eigenvalue weighted by molar-refractivity contribution is 5.99. The molecule has 3 nitrogen and oxygen atoms in total. The van der Waals surface area contributed by atoms with Crippen molar-refractivity contribution in [3.8, 4) is 0 Å². The van der Waals surface area contributed by atoms with Gasteiger partial charge in [0.15, 0.2) is 0 Å². The number of nitrogens with two attached hydrogens (primary N) is 1. The Morgan fingerprint density at radius 2 is 2.00 bits per heavy atom. The lowest BCUT2D eigenvalue weighted by Crippen LogP contribution is -2.26. The molecule has 0 radical (unpaired) electrons. The van der Waals surface area contributed by atoms with Gasteiger partial charge in [-0.25, -0.2) is 4.39 Å². The zero-order chi connectivity index (χ0) is 13.8. The Kier molecular flexibility index (Phi) is 4.52. The minimum absolute atomic E-state index is 0.0738. The van der Waals surface area contributed by atoms with Crippen molar-refractivity contribution in [3.63, 3.8) is 0 Å². The molecule has 0 aliphatic carbocycles. The average molecular weight is 264 g/mol. The summed E-state index contributed by atoms with van der Waals surface area (Å²) in [4.78, 5) is 11.5. The Hall–Kier alpha value is -1.79. The van der Waals surface area contributed by atoms with Gasteiger partial charge in [-0.15, -0.1) is 0 Å². The molecule has 0 saturated heterocycles. The van der Waals surface area contributed by atoms with Crippen LogP contribution in [0, 0.1) is 5.82 Å². The van der Waals surface area contributed by atoms with Crippen LogP contribution >= 0.6 is 0 Å². The van der Waals surface area contributed by atoms with E-state index in [0.717, 1.165) is 12.1 Å². The van der Waals surface area contributed by atoms with Gasteiger partial charge in [0.2, 0.25) is 0 Å². The summed E-state index contributed by atoms with van der Waals surface area (Å²) in [6.45, 7) is -0.145. The van der Waals surface area contributed by atoms with Crippen molar-refractivity contribution in [1.82, 2.24) is 5.32 Å². The molecule has 1 amide bonds. The summed E-state index contributed by atoms with van der Waals surface area (Å²) in [6, 6.07) is 3.25. The van der Waals surface area contributed by atoms with Gasteiger partial charge in [0, 0.05) is 18.7 Å². The molecule has 0 aromatic heterocycles. The molecular formula is C11H12F4N2O. The third kappa shape index (κ3) is 4.60. The summed E-state index contributed by atoms with van der Waals surface area (Å²) in [5.74, 6) is -1.32. The Balaban J connectivity index is 2.48. The molecule has 1 aromatic rings. The first-order valence-electron chi connectivity index (χ1n) is 5.19. The van der Waals surface area contributed by atoms with Crippen LogP contribution in [0.25, 0.3) is 0 Å². The van der Waals surface area contributed by atoms with Crippen molar-refractivity contribution in [2.75, 3.05) is 12.3 Å². The standard InChI is InChI=1S/C11H12F4N2O/c12-7-2-3-9(16)8(6-7)10(18)17-5-1-4-11(13,14)15/h2-3,6H,1,4-5,16H2,(H,17,18). The minimum Gasteiger partial charge on any atom is -0.398 e. The molecule has 3 N–H and O–H groups in total. The van der Waals surface area contributed by atoms with E-state index in [4.69, 9.17) is 5.73 Å². The molecule has 0 saturated carbocycles. The van der Waals surface area contributed by atoms with E-state index in [-0.39, 0.29) is 24.2 Å². The molecule has 0 atom stereocenters. The molecule has 100 valence electrons. The Morgan fingerprint density at radius 1 is 1.33 bits per heavy atom. The number of halogens is 4. The number of hydrogen-bond donors (Lipinski definition) is 2. The fourth-order valence-corrected chi connectivity index (χ4v) is 1.31. The van der Waals surface area contributed by atoms with Crippen LogP contribution in [0.5, 0.6) is 0 Å². The molecule has 0 aliphatic rings. The summed E-state index contributed by atoms with van der Waals surface area (Å²) >= 11 is 0. The van der Waals surface area contributed by atoms with Crippen LogP contribution in [0.1, 0.15) is 23.2 Å². The maximum Gasteiger partial charge on any atom is 0.389 e. The number of benzene rings is 1. The molecule has 0 unspecified atom stereocenters. The summed E-state index contributed by atoms with van der Waals surface area (Å²) in [7, 11) is 0. The molecule has 0 heterocycles. The van der Waals surface area contributed by atoms with Crippen LogP contribution in [0.4, 0.5) is 23.2 Å². The van der Waals surface area contributed by atoms with Crippen molar-refractivity contribution in [1.29, 1.82) is 0 Å². The van der Waals surface area contributed by atoms with Gasteiger partial charge in [0.05, 0.1) is 5.56 Å². The minimum atomic E-state index is -4.25. The van der Waals surface area contributed by atoms with Crippen LogP contribution in [0.2, 0.25) is 0 Å². The van der Waals surface area contributed by atoms with Gasteiger partial charge in [0.25, 0.3) is 5.91 Å². The number of carbonyl (C=O) groups is 1. The molecule has 18 heavy (non-hydrogen) atoms.